The number of methoxy groups -OCH3 is 1. The molecule has 0 heterocycles. The van der Waals surface area contributed by atoms with Crippen LogP contribution in [0.25, 0.3) is 10.8 Å². The van der Waals surface area contributed by atoms with E-state index in [9.17, 15) is 14.7 Å². The minimum atomic E-state index is -1.22. The second kappa shape index (κ2) is 5.52. The number of benzene rings is 2. The molecule has 2 aromatic rings. The molecule has 0 atom stereocenters. The molecule has 0 aliphatic heterocycles. The number of aliphatic carboxylic acids is 1. The Morgan fingerprint density at radius 2 is 1.74 bits per heavy atom. The molecule has 0 aromatic heterocycles. The number of hydrogen-bond donors (Lipinski definition) is 0. The Labute approximate surface area is 110 Å². The molecular weight excluding hydrogens is 244 g/mol. The number of Topliss-reactive ketones (excluding diaryl/α,β-unsaturated/α-hetero) is 1. The fourth-order valence-electron chi connectivity index (χ4n) is 2.04. The summed E-state index contributed by atoms with van der Waals surface area (Å²) in [6.07, 6.45) is -0.322. The van der Waals surface area contributed by atoms with Gasteiger partial charge in [-0.15, -0.1) is 0 Å². The number of rotatable bonds is 5. The van der Waals surface area contributed by atoms with E-state index in [1.807, 2.05) is 24.3 Å². The Kier molecular flexibility index (Phi) is 3.80. The van der Waals surface area contributed by atoms with E-state index < -0.39 is 5.97 Å². The minimum Gasteiger partial charge on any atom is -0.550 e. The van der Waals surface area contributed by atoms with Gasteiger partial charge in [0.1, 0.15) is 5.75 Å². The van der Waals surface area contributed by atoms with Crippen LogP contribution in [0.1, 0.15) is 23.2 Å². The van der Waals surface area contributed by atoms with Crippen molar-refractivity contribution < 1.29 is 19.4 Å². The number of carbonyl (C=O) groups excluding carboxylic acids is 2. The van der Waals surface area contributed by atoms with Crippen molar-refractivity contribution in [1.82, 2.24) is 0 Å². The quantitative estimate of drug-likeness (QED) is 0.762. The van der Waals surface area contributed by atoms with Gasteiger partial charge in [-0.3, -0.25) is 4.79 Å². The highest BCUT2D eigenvalue weighted by Crippen LogP contribution is 2.29. The summed E-state index contributed by atoms with van der Waals surface area (Å²) in [6, 6.07) is 10.8. The Hall–Kier alpha value is -2.36. The maximum atomic E-state index is 12.0. The van der Waals surface area contributed by atoms with Gasteiger partial charge in [-0.1, -0.05) is 24.3 Å². The van der Waals surface area contributed by atoms with Crippen LogP contribution in [0.5, 0.6) is 5.75 Å². The minimum absolute atomic E-state index is 0.0569. The summed E-state index contributed by atoms with van der Waals surface area (Å²) >= 11 is 0. The van der Waals surface area contributed by atoms with Gasteiger partial charge >= 0.3 is 0 Å². The van der Waals surface area contributed by atoms with Crippen LogP contribution >= 0.6 is 0 Å². The normalized spacial score (nSPS) is 10.4. The lowest BCUT2D eigenvalue weighted by molar-refractivity contribution is -0.305. The van der Waals surface area contributed by atoms with Crippen LogP contribution in [0, 0.1) is 0 Å². The SMILES string of the molecule is COc1ccc(C(=O)CCC(=O)[O-])c2ccccc12. The Balaban J connectivity index is 2.44. The average Bonchev–Trinajstić information content (AvgIpc) is 2.43. The second-order valence-corrected chi connectivity index (χ2v) is 4.16. The van der Waals surface area contributed by atoms with Gasteiger partial charge in [0.25, 0.3) is 0 Å². The Bertz CT molecular complexity index is 631. The molecule has 0 N–H and O–H groups in total. The average molecular weight is 257 g/mol. The summed E-state index contributed by atoms with van der Waals surface area (Å²) in [5.74, 6) is -0.735. The number of ketones is 1. The molecule has 0 saturated carbocycles. The number of carboxylic acids is 1. The summed E-state index contributed by atoms with van der Waals surface area (Å²) in [5, 5.41) is 12.0. The van der Waals surface area contributed by atoms with E-state index in [2.05, 4.69) is 0 Å². The van der Waals surface area contributed by atoms with Crippen molar-refractivity contribution in [2.24, 2.45) is 0 Å². The highest BCUT2D eigenvalue weighted by molar-refractivity contribution is 6.10. The predicted molar refractivity (Wildman–Crippen MR) is 69.1 cm³/mol. The zero-order chi connectivity index (χ0) is 13.8. The summed E-state index contributed by atoms with van der Waals surface area (Å²) in [5.41, 5.74) is 0.512. The lowest BCUT2D eigenvalue weighted by atomic mass is 9.98. The van der Waals surface area contributed by atoms with Crippen LogP contribution in [0.3, 0.4) is 0 Å². The highest BCUT2D eigenvalue weighted by Gasteiger charge is 2.12. The molecule has 0 unspecified atom stereocenters. The molecule has 98 valence electrons. The monoisotopic (exact) mass is 257 g/mol. The molecule has 2 aromatic carbocycles. The van der Waals surface area contributed by atoms with Crippen LogP contribution in [-0.4, -0.2) is 18.9 Å². The lowest BCUT2D eigenvalue weighted by Gasteiger charge is -2.10. The third-order valence-corrected chi connectivity index (χ3v) is 2.96. The van der Waals surface area contributed by atoms with E-state index in [-0.39, 0.29) is 18.6 Å². The summed E-state index contributed by atoms with van der Waals surface area (Å²) in [6.45, 7) is 0. The first-order valence-electron chi connectivity index (χ1n) is 5.92. The van der Waals surface area contributed by atoms with E-state index in [0.29, 0.717) is 11.3 Å². The first kappa shape index (κ1) is 13.1. The molecule has 0 radical (unpaired) electrons. The molecule has 0 aliphatic carbocycles. The Morgan fingerprint density at radius 1 is 1.05 bits per heavy atom. The smallest absolute Gasteiger partial charge is 0.163 e. The van der Waals surface area contributed by atoms with Crippen LogP contribution < -0.4 is 9.84 Å². The Morgan fingerprint density at radius 3 is 2.37 bits per heavy atom. The van der Waals surface area contributed by atoms with Gasteiger partial charge in [-0.25, -0.2) is 0 Å². The van der Waals surface area contributed by atoms with Crippen molar-refractivity contribution in [3.63, 3.8) is 0 Å². The maximum Gasteiger partial charge on any atom is 0.163 e. The van der Waals surface area contributed by atoms with Crippen LogP contribution in [0.15, 0.2) is 36.4 Å². The molecule has 4 nitrogen and oxygen atoms in total. The first-order valence-corrected chi connectivity index (χ1v) is 5.92. The van der Waals surface area contributed by atoms with Crippen LogP contribution in [-0.2, 0) is 4.79 Å². The van der Waals surface area contributed by atoms with Gasteiger partial charge in [0.2, 0.25) is 0 Å². The number of carbonyl (C=O) groups is 2. The van der Waals surface area contributed by atoms with Gasteiger partial charge < -0.3 is 14.6 Å². The van der Waals surface area contributed by atoms with E-state index >= 15 is 0 Å². The predicted octanol–water partition coefficient (Wildman–Crippen LogP) is 1.56. The molecule has 19 heavy (non-hydrogen) atoms. The topological polar surface area (TPSA) is 66.4 Å². The highest BCUT2D eigenvalue weighted by atomic mass is 16.5. The van der Waals surface area contributed by atoms with Crippen molar-refractivity contribution in [3.05, 3.63) is 42.0 Å². The molecule has 0 spiro atoms. The zero-order valence-corrected chi connectivity index (χ0v) is 10.5. The van der Waals surface area contributed by atoms with E-state index in [0.717, 1.165) is 10.8 Å². The molecule has 0 aliphatic rings. The van der Waals surface area contributed by atoms with Crippen molar-refractivity contribution in [3.8, 4) is 5.75 Å². The number of hydrogen-bond acceptors (Lipinski definition) is 4. The maximum absolute atomic E-state index is 12.0. The lowest BCUT2D eigenvalue weighted by Crippen LogP contribution is -2.22. The molecule has 0 fully saturated rings. The molecule has 2 rings (SSSR count). The fraction of sp³-hybridized carbons (Fsp3) is 0.200. The summed E-state index contributed by atoms with van der Waals surface area (Å²) < 4.78 is 5.24. The third kappa shape index (κ3) is 2.73. The summed E-state index contributed by atoms with van der Waals surface area (Å²) in [7, 11) is 1.57. The van der Waals surface area contributed by atoms with Gasteiger partial charge in [-0.2, -0.15) is 0 Å². The van der Waals surface area contributed by atoms with E-state index in [1.165, 1.54) is 0 Å². The third-order valence-electron chi connectivity index (χ3n) is 2.96. The molecular formula is C15H13O4-. The van der Waals surface area contributed by atoms with Crippen molar-refractivity contribution >= 4 is 22.5 Å². The van der Waals surface area contributed by atoms with Crippen LogP contribution in [0.2, 0.25) is 0 Å². The largest absolute Gasteiger partial charge is 0.550 e. The fourth-order valence-corrected chi connectivity index (χ4v) is 2.04. The molecule has 4 heteroatoms. The summed E-state index contributed by atoms with van der Waals surface area (Å²) in [4.78, 5) is 22.4. The first-order chi connectivity index (χ1) is 9.13. The van der Waals surface area contributed by atoms with E-state index in [1.54, 1.807) is 19.2 Å². The van der Waals surface area contributed by atoms with Gasteiger partial charge in [0.05, 0.1) is 7.11 Å². The second-order valence-electron chi connectivity index (χ2n) is 4.16. The molecule has 0 amide bonds. The van der Waals surface area contributed by atoms with Gasteiger partial charge in [-0.05, 0) is 23.9 Å². The number of fused-ring (bicyclic) bond motifs is 1. The van der Waals surface area contributed by atoms with Crippen molar-refractivity contribution in [2.75, 3.05) is 7.11 Å². The molecule has 0 saturated heterocycles. The standard InChI is InChI=1S/C15H14O4/c1-19-14-8-6-11(13(16)7-9-15(17)18)10-4-2-3-5-12(10)14/h2-6,8H,7,9H2,1H3,(H,17,18)/p-1. The van der Waals surface area contributed by atoms with Crippen molar-refractivity contribution in [2.45, 2.75) is 12.8 Å². The van der Waals surface area contributed by atoms with Crippen LogP contribution in [0.4, 0.5) is 0 Å². The van der Waals surface area contributed by atoms with Gasteiger partial charge in [0, 0.05) is 23.3 Å². The van der Waals surface area contributed by atoms with Crippen molar-refractivity contribution in [1.29, 1.82) is 0 Å². The van der Waals surface area contributed by atoms with E-state index in [4.69, 9.17) is 4.74 Å². The number of carboxylic acid groups (broad SMARTS) is 1. The zero-order valence-electron chi connectivity index (χ0n) is 10.5. The van der Waals surface area contributed by atoms with Gasteiger partial charge in [0.15, 0.2) is 5.78 Å². The number of ether oxygens (including phenoxy) is 1. The molecule has 0 bridgehead atoms.